The van der Waals surface area contributed by atoms with Crippen molar-refractivity contribution < 1.29 is 19.4 Å². The molecule has 0 amide bonds. The number of carbonyl (C=O) groups excluding carboxylic acids is 1. The molecule has 0 aliphatic rings. The molecule has 0 aromatic heterocycles. The van der Waals surface area contributed by atoms with Gasteiger partial charge in [0.15, 0.2) is 0 Å². The molecule has 0 aromatic rings. The van der Waals surface area contributed by atoms with Gasteiger partial charge in [0.2, 0.25) is 0 Å². The second-order valence-corrected chi connectivity index (χ2v) is 9.15. The van der Waals surface area contributed by atoms with E-state index in [1.54, 1.807) is 0 Å². The molecular formula is C23H46O4. The first kappa shape index (κ1) is 26.4. The molecule has 0 saturated carbocycles. The monoisotopic (exact) mass is 386 g/mol. The highest BCUT2D eigenvalue weighted by Gasteiger charge is 2.26. The maximum Gasteiger partial charge on any atom is 0.335 e. The molecule has 1 atom stereocenters. The van der Waals surface area contributed by atoms with Crippen LogP contribution < -0.4 is 0 Å². The molecule has 0 heterocycles. The van der Waals surface area contributed by atoms with Crippen molar-refractivity contribution in [2.75, 3.05) is 6.61 Å². The van der Waals surface area contributed by atoms with Crippen LogP contribution in [0.3, 0.4) is 0 Å². The molecule has 0 aliphatic carbocycles. The Morgan fingerprint density at radius 3 is 1.78 bits per heavy atom. The van der Waals surface area contributed by atoms with Crippen LogP contribution in [0.1, 0.15) is 119 Å². The Morgan fingerprint density at radius 1 is 0.815 bits per heavy atom. The van der Waals surface area contributed by atoms with Crippen molar-refractivity contribution in [2.45, 2.75) is 136 Å². The highest BCUT2D eigenvalue weighted by atomic mass is 16.6. The Balaban J connectivity index is 3.75. The summed E-state index contributed by atoms with van der Waals surface area (Å²) in [6.45, 7) is 12.2. The standard InChI is InChI=1S/C23H46O4/c1-7-8-9-10-11-12-13-14-15-16-17-22(3,4)26-19-18-23(5,6)27-21(25)20(2)24/h20,24H,7-19H2,1-6H3. The number of aliphatic hydroxyl groups is 1. The Hall–Kier alpha value is -0.610. The molecule has 27 heavy (non-hydrogen) atoms. The van der Waals surface area contributed by atoms with Crippen LogP contribution in [-0.4, -0.2) is 35.0 Å². The molecule has 0 bridgehead atoms. The van der Waals surface area contributed by atoms with Crippen LogP contribution in [0.2, 0.25) is 0 Å². The van der Waals surface area contributed by atoms with Gasteiger partial charge in [0.05, 0.1) is 12.2 Å². The quantitative estimate of drug-likeness (QED) is 0.239. The highest BCUT2D eigenvalue weighted by Crippen LogP contribution is 2.22. The summed E-state index contributed by atoms with van der Waals surface area (Å²) in [6, 6.07) is 0. The fourth-order valence-corrected chi connectivity index (χ4v) is 3.09. The average Bonchev–Trinajstić information content (AvgIpc) is 2.55. The van der Waals surface area contributed by atoms with Gasteiger partial charge in [-0.25, -0.2) is 4.79 Å². The number of carbonyl (C=O) groups is 1. The summed E-state index contributed by atoms with van der Waals surface area (Å²) in [6.07, 6.45) is 14.0. The lowest BCUT2D eigenvalue weighted by Crippen LogP contribution is -2.35. The number of unbranched alkanes of at least 4 members (excludes halogenated alkanes) is 9. The Bertz CT molecular complexity index is 375. The molecule has 0 aromatic carbocycles. The Morgan fingerprint density at radius 2 is 1.30 bits per heavy atom. The molecule has 4 heteroatoms. The predicted molar refractivity (Wildman–Crippen MR) is 113 cm³/mol. The maximum absolute atomic E-state index is 11.5. The summed E-state index contributed by atoms with van der Waals surface area (Å²) in [5, 5.41) is 9.26. The molecule has 0 rings (SSSR count). The van der Waals surface area contributed by atoms with E-state index in [1.807, 2.05) is 13.8 Å². The lowest BCUT2D eigenvalue weighted by molar-refractivity contribution is -0.168. The van der Waals surface area contributed by atoms with Gasteiger partial charge in [0.25, 0.3) is 0 Å². The fourth-order valence-electron chi connectivity index (χ4n) is 3.09. The average molecular weight is 387 g/mol. The minimum Gasteiger partial charge on any atom is -0.458 e. The smallest absolute Gasteiger partial charge is 0.335 e. The zero-order valence-corrected chi connectivity index (χ0v) is 18.9. The first-order chi connectivity index (χ1) is 12.6. The molecule has 0 radical (unpaired) electrons. The van der Waals surface area contributed by atoms with Crippen LogP contribution in [-0.2, 0) is 14.3 Å². The van der Waals surface area contributed by atoms with Crippen molar-refractivity contribution in [3.63, 3.8) is 0 Å². The normalized spacial score (nSPS) is 13.6. The zero-order chi connectivity index (χ0) is 20.8. The number of aliphatic hydroxyl groups excluding tert-OH is 1. The summed E-state index contributed by atoms with van der Waals surface area (Å²) >= 11 is 0. The highest BCUT2D eigenvalue weighted by molar-refractivity contribution is 5.74. The number of hydrogen-bond acceptors (Lipinski definition) is 4. The predicted octanol–water partition coefficient (Wildman–Crippen LogP) is 6.19. The van der Waals surface area contributed by atoms with Crippen LogP contribution in [0.4, 0.5) is 0 Å². The van der Waals surface area contributed by atoms with Crippen LogP contribution in [0.15, 0.2) is 0 Å². The van der Waals surface area contributed by atoms with Gasteiger partial charge in [-0.3, -0.25) is 0 Å². The molecule has 162 valence electrons. The first-order valence-electron chi connectivity index (χ1n) is 11.1. The second kappa shape index (κ2) is 14.4. The third kappa shape index (κ3) is 16.1. The van der Waals surface area contributed by atoms with E-state index in [-0.39, 0.29) is 5.60 Å². The van der Waals surface area contributed by atoms with Gasteiger partial charge in [0, 0.05) is 6.42 Å². The van der Waals surface area contributed by atoms with E-state index in [9.17, 15) is 9.90 Å². The van der Waals surface area contributed by atoms with Gasteiger partial charge < -0.3 is 14.6 Å². The van der Waals surface area contributed by atoms with Gasteiger partial charge in [-0.1, -0.05) is 71.1 Å². The molecule has 0 fully saturated rings. The summed E-state index contributed by atoms with van der Waals surface area (Å²) in [4.78, 5) is 11.5. The zero-order valence-electron chi connectivity index (χ0n) is 18.9. The van der Waals surface area contributed by atoms with Crippen molar-refractivity contribution in [1.82, 2.24) is 0 Å². The van der Waals surface area contributed by atoms with Crippen molar-refractivity contribution in [1.29, 1.82) is 0 Å². The fraction of sp³-hybridized carbons (Fsp3) is 0.957. The van der Waals surface area contributed by atoms with Gasteiger partial charge in [-0.05, 0) is 41.0 Å². The van der Waals surface area contributed by atoms with E-state index in [4.69, 9.17) is 9.47 Å². The molecule has 0 saturated heterocycles. The third-order valence-corrected chi connectivity index (χ3v) is 5.05. The maximum atomic E-state index is 11.5. The van der Waals surface area contributed by atoms with Crippen molar-refractivity contribution in [2.24, 2.45) is 0 Å². The number of esters is 1. The second-order valence-electron chi connectivity index (χ2n) is 9.15. The van der Waals surface area contributed by atoms with Crippen LogP contribution in [0, 0.1) is 0 Å². The lowest BCUT2D eigenvalue weighted by atomic mass is 9.98. The lowest BCUT2D eigenvalue weighted by Gasteiger charge is -2.30. The minimum absolute atomic E-state index is 0.148. The van der Waals surface area contributed by atoms with Crippen LogP contribution in [0.5, 0.6) is 0 Å². The van der Waals surface area contributed by atoms with E-state index in [2.05, 4.69) is 20.8 Å². The Labute approximate surface area is 168 Å². The van der Waals surface area contributed by atoms with Gasteiger partial charge in [-0.2, -0.15) is 0 Å². The SMILES string of the molecule is CCCCCCCCCCCCC(C)(C)OCCC(C)(C)OC(=O)C(C)O. The molecule has 0 spiro atoms. The summed E-state index contributed by atoms with van der Waals surface area (Å²) in [7, 11) is 0. The molecule has 1 N–H and O–H groups in total. The Kier molecular flexibility index (Phi) is 14.1. The summed E-state index contributed by atoms with van der Waals surface area (Å²) in [5.74, 6) is -0.579. The molecule has 4 nitrogen and oxygen atoms in total. The summed E-state index contributed by atoms with van der Waals surface area (Å²) in [5.41, 5.74) is -0.772. The van der Waals surface area contributed by atoms with E-state index in [1.165, 1.54) is 71.1 Å². The molecule has 0 aliphatic heterocycles. The van der Waals surface area contributed by atoms with E-state index in [0.29, 0.717) is 13.0 Å². The molecular weight excluding hydrogens is 340 g/mol. The van der Waals surface area contributed by atoms with E-state index < -0.39 is 17.7 Å². The molecule has 1 unspecified atom stereocenters. The number of ether oxygens (including phenoxy) is 2. The van der Waals surface area contributed by atoms with Crippen LogP contribution in [0.25, 0.3) is 0 Å². The van der Waals surface area contributed by atoms with E-state index in [0.717, 1.165) is 6.42 Å². The van der Waals surface area contributed by atoms with Gasteiger partial charge in [-0.15, -0.1) is 0 Å². The van der Waals surface area contributed by atoms with Gasteiger partial charge >= 0.3 is 5.97 Å². The number of hydrogen-bond donors (Lipinski definition) is 1. The van der Waals surface area contributed by atoms with Crippen molar-refractivity contribution >= 4 is 5.97 Å². The first-order valence-corrected chi connectivity index (χ1v) is 11.1. The largest absolute Gasteiger partial charge is 0.458 e. The van der Waals surface area contributed by atoms with Crippen molar-refractivity contribution in [3.05, 3.63) is 0 Å². The van der Waals surface area contributed by atoms with Crippen LogP contribution >= 0.6 is 0 Å². The topological polar surface area (TPSA) is 55.8 Å². The number of rotatable bonds is 17. The van der Waals surface area contributed by atoms with E-state index >= 15 is 0 Å². The summed E-state index contributed by atoms with van der Waals surface area (Å²) < 4.78 is 11.3. The minimum atomic E-state index is -1.09. The van der Waals surface area contributed by atoms with Crippen molar-refractivity contribution in [3.8, 4) is 0 Å². The third-order valence-electron chi connectivity index (χ3n) is 5.05. The van der Waals surface area contributed by atoms with Gasteiger partial charge in [0.1, 0.15) is 11.7 Å².